The number of aliphatic hydroxyl groups excluding tert-OH is 1. The molecule has 0 aromatic heterocycles. The van der Waals surface area contributed by atoms with E-state index in [1.54, 1.807) is 11.0 Å². The largest absolute Gasteiger partial charge is 0.444 e. The van der Waals surface area contributed by atoms with Gasteiger partial charge in [0.15, 0.2) is 0 Å². The van der Waals surface area contributed by atoms with Crippen molar-refractivity contribution in [1.29, 1.82) is 0 Å². The topological polar surface area (TPSA) is 77.5 Å². The van der Waals surface area contributed by atoms with Gasteiger partial charge in [0, 0.05) is 6.61 Å². The highest BCUT2D eigenvalue weighted by Crippen LogP contribution is 2.39. The van der Waals surface area contributed by atoms with Gasteiger partial charge in [-0.05, 0) is 53.7 Å². The molecule has 0 radical (unpaired) electrons. The number of ether oxygens (including phenoxy) is 3. The number of nitrogens with zero attached hydrogens (tertiary/aromatic N) is 1. The molecule has 7 nitrogen and oxygen atoms in total. The van der Waals surface area contributed by atoms with Crippen molar-refractivity contribution in [2.24, 2.45) is 0 Å². The van der Waals surface area contributed by atoms with Gasteiger partial charge >= 0.3 is 6.09 Å². The van der Waals surface area contributed by atoms with Crippen LogP contribution < -0.4 is 10.4 Å². The molecular formula is C44H55NO6Si. The molecule has 0 bridgehead atoms. The number of hydrogen-bond acceptors (Lipinski definition) is 6. The highest BCUT2D eigenvalue weighted by atomic mass is 28.4. The first kappa shape index (κ1) is 39.2. The minimum Gasteiger partial charge on any atom is -0.444 e. The summed E-state index contributed by atoms with van der Waals surface area (Å²) >= 11 is 0. The Labute approximate surface area is 311 Å². The van der Waals surface area contributed by atoms with Gasteiger partial charge in [0.05, 0.1) is 31.4 Å². The Balaban J connectivity index is 1.50. The zero-order chi connectivity index (χ0) is 37.4. The molecule has 5 atom stereocenters. The Hall–Kier alpha value is -4.05. The molecule has 0 aliphatic carbocycles. The molecule has 1 amide bonds. The van der Waals surface area contributed by atoms with Crippen molar-refractivity contribution >= 4 is 24.8 Å². The van der Waals surface area contributed by atoms with Crippen LogP contribution in [-0.2, 0) is 31.9 Å². The summed E-state index contributed by atoms with van der Waals surface area (Å²) in [5.41, 5.74) is 1.19. The van der Waals surface area contributed by atoms with Crippen molar-refractivity contribution in [3.8, 4) is 0 Å². The van der Waals surface area contributed by atoms with Crippen molar-refractivity contribution in [3.63, 3.8) is 0 Å². The SMILES string of the molecule is C=C[C@@H]1[C@@H](OCc2ccccc2)[C@H](OCc2ccccc2)[C@H]([C@@H](O)CCO[Si](c2ccccc2)(c2ccccc2)C(C)(C)C)N1C(=O)OC(C)(C)C. The van der Waals surface area contributed by atoms with E-state index in [9.17, 15) is 9.90 Å². The maximum absolute atomic E-state index is 14.1. The van der Waals surface area contributed by atoms with Gasteiger partial charge in [0.1, 0.15) is 17.8 Å². The average Bonchev–Trinajstić information content (AvgIpc) is 3.45. The van der Waals surface area contributed by atoms with E-state index < -0.39 is 50.4 Å². The quantitative estimate of drug-likeness (QED) is 0.107. The molecule has 4 aromatic rings. The van der Waals surface area contributed by atoms with Crippen LogP contribution in [-0.4, -0.2) is 67.0 Å². The molecule has 1 saturated heterocycles. The first-order valence-electron chi connectivity index (χ1n) is 18.2. The number of aliphatic hydroxyl groups is 1. The van der Waals surface area contributed by atoms with Gasteiger partial charge in [0.25, 0.3) is 8.32 Å². The molecule has 0 unspecified atom stereocenters. The summed E-state index contributed by atoms with van der Waals surface area (Å²) < 4.78 is 26.5. The minimum atomic E-state index is -2.88. The number of rotatable bonds is 14. The smallest absolute Gasteiger partial charge is 0.411 e. The summed E-state index contributed by atoms with van der Waals surface area (Å²) in [5, 5.41) is 14.4. The maximum atomic E-state index is 14.1. The van der Waals surface area contributed by atoms with Gasteiger partial charge < -0.3 is 23.7 Å². The number of carbonyl (C=O) groups excluding carboxylic acids is 1. The molecule has 52 heavy (non-hydrogen) atoms. The predicted octanol–water partition coefficient (Wildman–Crippen LogP) is 7.66. The highest BCUT2D eigenvalue weighted by Gasteiger charge is 2.56. The van der Waals surface area contributed by atoms with Gasteiger partial charge in [-0.15, -0.1) is 6.58 Å². The molecule has 276 valence electrons. The monoisotopic (exact) mass is 721 g/mol. The third-order valence-electron chi connectivity index (χ3n) is 9.60. The molecular weight excluding hydrogens is 667 g/mol. The number of hydrogen-bond donors (Lipinski definition) is 1. The van der Waals surface area contributed by atoms with E-state index in [4.69, 9.17) is 18.6 Å². The van der Waals surface area contributed by atoms with Gasteiger partial charge in [-0.25, -0.2) is 4.79 Å². The summed E-state index contributed by atoms with van der Waals surface area (Å²) in [7, 11) is -2.88. The number of carbonyl (C=O) groups is 1. The summed E-state index contributed by atoms with van der Waals surface area (Å²) in [6, 6.07) is 39.2. The fourth-order valence-corrected chi connectivity index (χ4v) is 11.9. The second kappa shape index (κ2) is 17.2. The molecule has 1 aliphatic rings. The Morgan fingerprint density at radius 2 is 1.19 bits per heavy atom. The van der Waals surface area contributed by atoms with E-state index in [0.717, 1.165) is 21.5 Å². The van der Waals surface area contributed by atoms with Crippen LogP contribution >= 0.6 is 0 Å². The van der Waals surface area contributed by atoms with Crippen LogP contribution in [0.25, 0.3) is 0 Å². The molecule has 1 N–H and O–H groups in total. The van der Waals surface area contributed by atoms with Crippen molar-refractivity contribution in [3.05, 3.63) is 145 Å². The van der Waals surface area contributed by atoms with Crippen molar-refractivity contribution in [2.75, 3.05) is 6.61 Å². The Morgan fingerprint density at radius 3 is 1.62 bits per heavy atom. The van der Waals surface area contributed by atoms with Gasteiger partial charge in [-0.2, -0.15) is 0 Å². The minimum absolute atomic E-state index is 0.234. The lowest BCUT2D eigenvalue weighted by atomic mass is 10.0. The van der Waals surface area contributed by atoms with E-state index in [2.05, 4.69) is 75.9 Å². The molecule has 0 saturated carbocycles. The zero-order valence-corrected chi connectivity index (χ0v) is 32.5. The molecule has 1 heterocycles. The summed E-state index contributed by atoms with van der Waals surface area (Å²) in [4.78, 5) is 15.7. The lowest BCUT2D eigenvalue weighted by Gasteiger charge is -2.43. The van der Waals surface area contributed by atoms with Crippen LogP contribution in [0.15, 0.2) is 134 Å². The first-order chi connectivity index (χ1) is 24.9. The molecule has 5 rings (SSSR count). The molecule has 0 spiro atoms. The van der Waals surface area contributed by atoms with Crippen molar-refractivity contribution < 1.29 is 28.5 Å². The third kappa shape index (κ3) is 9.11. The number of benzene rings is 4. The van der Waals surface area contributed by atoms with Crippen molar-refractivity contribution in [1.82, 2.24) is 4.90 Å². The van der Waals surface area contributed by atoms with Gasteiger partial charge in [-0.3, -0.25) is 4.90 Å². The van der Waals surface area contributed by atoms with Gasteiger partial charge in [0.2, 0.25) is 0 Å². The first-order valence-corrected chi connectivity index (χ1v) is 20.1. The Bertz CT molecular complexity index is 1650. The van der Waals surface area contributed by atoms with Gasteiger partial charge in [-0.1, -0.05) is 148 Å². The van der Waals surface area contributed by atoms with E-state index >= 15 is 0 Å². The Morgan fingerprint density at radius 1 is 0.750 bits per heavy atom. The van der Waals surface area contributed by atoms with Crippen LogP contribution in [0.5, 0.6) is 0 Å². The van der Waals surface area contributed by atoms with E-state index in [0.29, 0.717) is 6.61 Å². The molecule has 1 fully saturated rings. The van der Waals surface area contributed by atoms with Crippen molar-refractivity contribution in [2.45, 2.75) is 102 Å². The second-order valence-electron chi connectivity index (χ2n) is 15.5. The normalized spacial score (nSPS) is 20.0. The van der Waals surface area contributed by atoms with Crippen LogP contribution in [0, 0.1) is 0 Å². The highest BCUT2D eigenvalue weighted by molar-refractivity contribution is 6.99. The zero-order valence-electron chi connectivity index (χ0n) is 31.5. The molecule has 4 aromatic carbocycles. The molecule has 1 aliphatic heterocycles. The van der Waals surface area contributed by atoms with Crippen LogP contribution in [0.3, 0.4) is 0 Å². The second-order valence-corrected chi connectivity index (χ2v) is 19.8. The number of likely N-dealkylation sites (tertiary alicyclic amines) is 1. The summed E-state index contributed by atoms with van der Waals surface area (Å²) in [5.74, 6) is 0. The summed E-state index contributed by atoms with van der Waals surface area (Å²) in [6.45, 7) is 17.1. The van der Waals surface area contributed by atoms with E-state index in [-0.39, 0.29) is 24.7 Å². The number of amides is 1. The van der Waals surface area contributed by atoms with E-state index in [1.165, 1.54) is 0 Å². The van der Waals surface area contributed by atoms with E-state index in [1.807, 2.05) is 93.6 Å². The average molecular weight is 722 g/mol. The lowest BCUT2D eigenvalue weighted by molar-refractivity contribution is -0.0913. The fraction of sp³-hybridized carbons (Fsp3) is 0.386. The van der Waals surface area contributed by atoms with Crippen LogP contribution in [0.4, 0.5) is 4.79 Å². The molecule has 8 heteroatoms. The van der Waals surface area contributed by atoms with Crippen LogP contribution in [0.2, 0.25) is 5.04 Å². The predicted molar refractivity (Wildman–Crippen MR) is 210 cm³/mol. The Kier molecular flexibility index (Phi) is 12.9. The lowest BCUT2D eigenvalue weighted by Crippen LogP contribution is -2.66. The van der Waals surface area contributed by atoms with Crippen LogP contribution in [0.1, 0.15) is 59.1 Å². The fourth-order valence-electron chi connectivity index (χ4n) is 7.30. The maximum Gasteiger partial charge on any atom is 0.411 e. The standard InChI is InChI=1S/C44H55NO6Si/c1-8-37-40(48-31-33-21-13-9-14-22-33)41(49-32-34-23-15-10-16-24-34)39(45(37)42(47)51-43(2,3)4)38(46)29-30-50-52(44(5,6)7,35-25-17-11-18-26-35)36-27-19-12-20-28-36/h8-28,37-41,46H,1,29-32H2,2-7H3/t37-,38+,39+,40-,41-/m1/s1. The third-order valence-corrected chi connectivity index (χ3v) is 14.6. The summed E-state index contributed by atoms with van der Waals surface area (Å²) in [6.07, 6.45) is -1.000.